The molecule has 11 nitrogen and oxygen atoms in total. The van der Waals surface area contributed by atoms with Gasteiger partial charge in [-0.15, -0.1) is 0 Å². The number of morpholine rings is 1. The molecule has 1 saturated heterocycles. The maximum atomic E-state index is 14.4. The molecule has 2 aliphatic heterocycles. The highest BCUT2D eigenvalue weighted by Gasteiger charge is 2.29. The standard InChI is InChI=1S/C26H28FN7O4.3C2H6/c1-15-24-21(32-26(28)29-15)13-20(31-25(24)33-38-14-23(35)34-8-10-37-11-9-34)17-7-6-16(27)12-18(17)19-4-3-5-22(30-19)36-2;3*1-2/h3-7,12,20H,8-11,13-14H2,1-2H3,(H,31,33)(H2,28,29,32);3*1-2H3. The van der Waals surface area contributed by atoms with E-state index in [1.54, 1.807) is 36.1 Å². The number of carbonyl (C=O) groups excluding carboxylic acids is 1. The smallest absolute Gasteiger partial charge is 0.251 e. The number of amides is 1. The van der Waals surface area contributed by atoms with Crippen molar-refractivity contribution in [3.05, 3.63) is 64.7 Å². The van der Waals surface area contributed by atoms with Crippen LogP contribution in [0.15, 0.2) is 41.4 Å². The number of aliphatic imine (C=N–C) groups is 1. The first-order valence-electron chi connectivity index (χ1n) is 15.2. The maximum Gasteiger partial charge on any atom is 0.251 e. The zero-order valence-corrected chi connectivity index (χ0v) is 27.1. The van der Waals surface area contributed by atoms with Gasteiger partial charge in [0.1, 0.15) is 5.82 Å². The van der Waals surface area contributed by atoms with Gasteiger partial charge in [-0.1, -0.05) is 53.7 Å². The molecule has 2 aromatic heterocycles. The molecule has 0 spiro atoms. The number of hydrogen-bond acceptors (Lipinski definition) is 10. The van der Waals surface area contributed by atoms with Gasteiger partial charge in [-0.05, 0) is 30.7 Å². The Balaban J connectivity index is 0.00000106. The van der Waals surface area contributed by atoms with Crippen LogP contribution in [0.3, 0.4) is 0 Å². The summed E-state index contributed by atoms with van der Waals surface area (Å²) in [5, 5.41) is 0. The third-order valence-electron chi connectivity index (χ3n) is 6.40. The number of fused-ring (bicyclic) bond motifs is 1. The van der Waals surface area contributed by atoms with Crippen molar-refractivity contribution in [1.29, 1.82) is 0 Å². The number of pyridine rings is 1. The number of hydroxylamine groups is 1. The van der Waals surface area contributed by atoms with Crippen LogP contribution in [0.5, 0.6) is 5.88 Å². The average Bonchev–Trinajstić information content (AvgIpc) is 3.07. The predicted octanol–water partition coefficient (Wildman–Crippen LogP) is 5.08. The Labute approximate surface area is 260 Å². The van der Waals surface area contributed by atoms with E-state index >= 15 is 0 Å². The second kappa shape index (κ2) is 18.5. The molecular formula is C32H46FN7O4. The molecule has 1 aromatic carbocycles. The summed E-state index contributed by atoms with van der Waals surface area (Å²) in [6.45, 7) is 15.7. The van der Waals surface area contributed by atoms with Crippen LogP contribution in [0.4, 0.5) is 10.3 Å². The molecule has 3 aromatic rings. The number of nitrogens with zero attached hydrogens (tertiary/aromatic N) is 5. The van der Waals surface area contributed by atoms with E-state index in [0.29, 0.717) is 72.6 Å². The fraction of sp³-hybridized carbons (Fsp3) is 0.469. The van der Waals surface area contributed by atoms with Crippen LogP contribution < -0.4 is 16.0 Å². The van der Waals surface area contributed by atoms with Crippen LogP contribution >= 0.6 is 0 Å². The number of rotatable bonds is 6. The Morgan fingerprint density at radius 3 is 2.45 bits per heavy atom. The number of nitrogen functional groups attached to an aromatic ring is 1. The lowest BCUT2D eigenvalue weighted by Gasteiger charge is -2.28. The molecule has 1 fully saturated rings. The molecular weight excluding hydrogens is 565 g/mol. The molecule has 0 saturated carbocycles. The third-order valence-corrected chi connectivity index (χ3v) is 6.40. The van der Waals surface area contributed by atoms with Gasteiger partial charge in [-0.25, -0.2) is 24.8 Å². The van der Waals surface area contributed by atoms with E-state index in [1.807, 2.05) is 41.5 Å². The molecule has 1 atom stereocenters. The number of anilines is 1. The minimum Gasteiger partial charge on any atom is -0.481 e. The van der Waals surface area contributed by atoms with Crippen LogP contribution in [-0.4, -0.2) is 71.6 Å². The summed E-state index contributed by atoms with van der Waals surface area (Å²) < 4.78 is 25.0. The van der Waals surface area contributed by atoms with Crippen LogP contribution in [0, 0.1) is 12.7 Å². The highest BCUT2D eigenvalue weighted by molar-refractivity contribution is 6.01. The van der Waals surface area contributed by atoms with Gasteiger partial charge in [0.25, 0.3) is 5.91 Å². The summed E-state index contributed by atoms with van der Waals surface area (Å²) in [5.41, 5.74) is 12.6. The summed E-state index contributed by atoms with van der Waals surface area (Å²) in [6, 6.07) is 9.31. The number of aryl methyl sites for hydroxylation is 1. The van der Waals surface area contributed by atoms with Gasteiger partial charge in [0.2, 0.25) is 11.8 Å². The molecule has 44 heavy (non-hydrogen) atoms. The lowest BCUT2D eigenvalue weighted by Crippen LogP contribution is -2.43. The first kappa shape index (κ1) is 36.0. The number of ether oxygens (including phenoxy) is 2. The van der Waals surface area contributed by atoms with Crippen molar-refractivity contribution in [3.8, 4) is 17.1 Å². The Hall–Kier alpha value is -4.16. The average molecular weight is 612 g/mol. The van der Waals surface area contributed by atoms with Crippen molar-refractivity contribution in [2.24, 2.45) is 4.99 Å². The van der Waals surface area contributed by atoms with Crippen molar-refractivity contribution >= 4 is 17.7 Å². The van der Waals surface area contributed by atoms with Crippen molar-refractivity contribution < 1.29 is 23.5 Å². The predicted molar refractivity (Wildman–Crippen MR) is 171 cm³/mol. The molecule has 0 radical (unpaired) electrons. The molecule has 1 amide bonds. The van der Waals surface area contributed by atoms with Gasteiger partial charge >= 0.3 is 0 Å². The van der Waals surface area contributed by atoms with Crippen LogP contribution in [0.2, 0.25) is 0 Å². The molecule has 5 rings (SSSR count). The monoisotopic (exact) mass is 611 g/mol. The number of hydrogen-bond donors (Lipinski definition) is 2. The molecule has 3 N–H and O–H groups in total. The van der Waals surface area contributed by atoms with E-state index in [9.17, 15) is 9.18 Å². The van der Waals surface area contributed by atoms with Gasteiger partial charge in [0.15, 0.2) is 12.4 Å². The van der Waals surface area contributed by atoms with E-state index in [4.69, 9.17) is 25.0 Å². The van der Waals surface area contributed by atoms with Gasteiger partial charge in [0, 0.05) is 31.1 Å². The second-order valence-corrected chi connectivity index (χ2v) is 8.87. The Bertz CT molecular complexity index is 1380. The van der Waals surface area contributed by atoms with E-state index in [2.05, 4.69) is 20.4 Å². The summed E-state index contributed by atoms with van der Waals surface area (Å²) >= 11 is 0. The lowest BCUT2D eigenvalue weighted by atomic mass is 9.91. The summed E-state index contributed by atoms with van der Waals surface area (Å²) in [4.78, 5) is 37.9. The Morgan fingerprint density at radius 1 is 1.07 bits per heavy atom. The van der Waals surface area contributed by atoms with E-state index in [0.717, 1.165) is 5.56 Å². The summed E-state index contributed by atoms with van der Waals surface area (Å²) in [5.74, 6) is 0.339. The highest BCUT2D eigenvalue weighted by Crippen LogP contribution is 2.36. The van der Waals surface area contributed by atoms with Crippen LogP contribution in [-0.2, 0) is 20.8 Å². The first-order chi connectivity index (χ1) is 21.4. The largest absolute Gasteiger partial charge is 0.481 e. The fourth-order valence-corrected chi connectivity index (χ4v) is 4.61. The fourth-order valence-electron chi connectivity index (χ4n) is 4.61. The van der Waals surface area contributed by atoms with Gasteiger partial charge < -0.3 is 20.1 Å². The zero-order chi connectivity index (χ0) is 32.6. The number of carbonyl (C=O) groups is 1. The number of amidine groups is 1. The molecule has 12 heteroatoms. The van der Waals surface area contributed by atoms with Gasteiger partial charge in [0.05, 0.1) is 49.0 Å². The number of nitrogens with one attached hydrogen (secondary N) is 1. The topological polar surface area (TPSA) is 137 Å². The Kier molecular flexibility index (Phi) is 15.1. The number of halogens is 1. The maximum absolute atomic E-state index is 14.4. The lowest BCUT2D eigenvalue weighted by molar-refractivity contribution is -0.141. The van der Waals surface area contributed by atoms with Crippen LogP contribution in [0.25, 0.3) is 11.3 Å². The third kappa shape index (κ3) is 9.17. The molecule has 4 heterocycles. The van der Waals surface area contributed by atoms with Crippen molar-refractivity contribution in [2.45, 2.75) is 60.9 Å². The minimum atomic E-state index is -0.471. The highest BCUT2D eigenvalue weighted by atomic mass is 19.1. The first-order valence-corrected chi connectivity index (χ1v) is 15.2. The molecule has 240 valence electrons. The molecule has 2 aliphatic rings. The van der Waals surface area contributed by atoms with Gasteiger partial charge in [-0.3, -0.25) is 14.6 Å². The number of aromatic nitrogens is 3. The molecule has 0 aliphatic carbocycles. The molecule has 1 unspecified atom stereocenters. The van der Waals surface area contributed by atoms with E-state index in [-0.39, 0.29) is 18.5 Å². The van der Waals surface area contributed by atoms with Crippen molar-refractivity contribution in [1.82, 2.24) is 25.3 Å². The normalized spacial score (nSPS) is 15.1. The van der Waals surface area contributed by atoms with Crippen molar-refractivity contribution in [3.63, 3.8) is 0 Å². The summed E-state index contributed by atoms with van der Waals surface area (Å²) in [6.07, 6.45) is 0.392. The number of nitrogens with two attached hydrogens (primary N) is 1. The van der Waals surface area contributed by atoms with Crippen molar-refractivity contribution in [2.75, 3.05) is 45.8 Å². The molecule has 0 bridgehead atoms. The zero-order valence-electron chi connectivity index (χ0n) is 27.1. The van der Waals surface area contributed by atoms with E-state index < -0.39 is 11.9 Å². The van der Waals surface area contributed by atoms with Gasteiger partial charge in [-0.2, -0.15) is 0 Å². The second-order valence-electron chi connectivity index (χ2n) is 8.87. The Morgan fingerprint density at radius 2 is 1.77 bits per heavy atom. The minimum absolute atomic E-state index is 0.137. The van der Waals surface area contributed by atoms with E-state index in [1.165, 1.54) is 19.2 Å². The SMILES string of the molecule is CC.CC.CC.COc1cccc(-c2cc(F)ccc2C2Cc3nc(N)nc(C)c3C(NOCC(=O)N3CCOCC3)=N2)n1. The number of methoxy groups -OCH3 is 1. The number of benzene rings is 1. The summed E-state index contributed by atoms with van der Waals surface area (Å²) in [7, 11) is 1.52. The van der Waals surface area contributed by atoms with Crippen LogP contribution in [0.1, 0.15) is 70.1 Å². The quantitative estimate of drug-likeness (QED) is 0.366.